The second-order valence-corrected chi connectivity index (χ2v) is 3.20. The number of rotatable bonds is 6. The van der Waals surface area contributed by atoms with Crippen molar-refractivity contribution in [2.45, 2.75) is 13.0 Å². The van der Waals surface area contributed by atoms with Gasteiger partial charge in [-0.25, -0.2) is 4.68 Å². The number of aldehydes is 1. The van der Waals surface area contributed by atoms with Crippen molar-refractivity contribution in [2.75, 3.05) is 20.3 Å². The average molecular weight is 226 g/mol. The Kier molecular flexibility index (Phi) is 4.59. The zero-order valence-corrected chi connectivity index (χ0v) is 9.21. The van der Waals surface area contributed by atoms with Gasteiger partial charge in [-0.15, -0.1) is 5.10 Å². The standard InChI is InChI=1S/C9H14N4O3/c1-7(9(15)10-3-4-16-2)13-5-8(6-14)11-12-13/h5-7H,3-4H2,1-2H3,(H,10,15). The summed E-state index contributed by atoms with van der Waals surface area (Å²) in [5, 5.41) is 9.92. The van der Waals surface area contributed by atoms with E-state index in [0.29, 0.717) is 19.4 Å². The Hall–Kier alpha value is -1.76. The van der Waals surface area contributed by atoms with Crippen LogP contribution in [0.1, 0.15) is 23.5 Å². The molecule has 0 aliphatic rings. The highest BCUT2D eigenvalue weighted by Crippen LogP contribution is 2.03. The Labute approximate surface area is 92.8 Å². The monoisotopic (exact) mass is 226 g/mol. The lowest BCUT2D eigenvalue weighted by atomic mass is 10.3. The number of carbonyl (C=O) groups excluding carboxylic acids is 2. The van der Waals surface area contributed by atoms with Gasteiger partial charge in [0.2, 0.25) is 5.91 Å². The number of methoxy groups -OCH3 is 1. The van der Waals surface area contributed by atoms with Gasteiger partial charge in [-0.1, -0.05) is 5.21 Å². The molecule has 0 saturated carbocycles. The minimum atomic E-state index is -0.502. The molecule has 16 heavy (non-hydrogen) atoms. The Balaban J connectivity index is 2.52. The molecule has 0 spiro atoms. The van der Waals surface area contributed by atoms with Gasteiger partial charge in [0, 0.05) is 13.7 Å². The lowest BCUT2D eigenvalue weighted by molar-refractivity contribution is -0.124. The Bertz CT molecular complexity index is 363. The maximum atomic E-state index is 11.6. The van der Waals surface area contributed by atoms with Crippen molar-refractivity contribution in [1.29, 1.82) is 0 Å². The second-order valence-electron chi connectivity index (χ2n) is 3.20. The third kappa shape index (κ3) is 3.13. The SMILES string of the molecule is COCCNC(=O)C(C)n1cc(C=O)nn1. The Morgan fingerprint density at radius 3 is 3.06 bits per heavy atom. The van der Waals surface area contributed by atoms with Crippen LogP contribution in [0, 0.1) is 0 Å². The third-order valence-electron chi connectivity index (χ3n) is 2.03. The number of carbonyl (C=O) groups is 2. The molecule has 0 radical (unpaired) electrons. The quantitative estimate of drug-likeness (QED) is 0.517. The van der Waals surface area contributed by atoms with Crippen LogP contribution in [0.25, 0.3) is 0 Å². The summed E-state index contributed by atoms with van der Waals surface area (Å²) in [6, 6.07) is -0.502. The van der Waals surface area contributed by atoms with E-state index < -0.39 is 6.04 Å². The van der Waals surface area contributed by atoms with Gasteiger partial charge in [-0.3, -0.25) is 9.59 Å². The number of hydrogen-bond donors (Lipinski definition) is 1. The summed E-state index contributed by atoms with van der Waals surface area (Å²) in [6.45, 7) is 2.57. The van der Waals surface area contributed by atoms with Crippen LogP contribution < -0.4 is 5.32 Å². The van der Waals surface area contributed by atoms with Crippen LogP contribution >= 0.6 is 0 Å². The molecule has 1 N–H and O–H groups in total. The highest BCUT2D eigenvalue weighted by molar-refractivity contribution is 5.80. The fraction of sp³-hybridized carbons (Fsp3) is 0.556. The van der Waals surface area contributed by atoms with Gasteiger partial charge in [0.05, 0.1) is 12.8 Å². The predicted octanol–water partition coefficient (Wildman–Crippen LogP) is -0.586. The van der Waals surface area contributed by atoms with E-state index in [-0.39, 0.29) is 11.6 Å². The molecular weight excluding hydrogens is 212 g/mol. The Morgan fingerprint density at radius 2 is 2.50 bits per heavy atom. The van der Waals surface area contributed by atoms with Crippen molar-refractivity contribution < 1.29 is 14.3 Å². The van der Waals surface area contributed by atoms with E-state index in [1.54, 1.807) is 14.0 Å². The molecule has 7 heteroatoms. The molecule has 1 rings (SSSR count). The van der Waals surface area contributed by atoms with E-state index in [4.69, 9.17) is 4.74 Å². The topological polar surface area (TPSA) is 86.1 Å². The molecule has 1 heterocycles. The summed E-state index contributed by atoms with van der Waals surface area (Å²) in [4.78, 5) is 22.0. The molecule has 1 amide bonds. The third-order valence-corrected chi connectivity index (χ3v) is 2.03. The van der Waals surface area contributed by atoms with Crippen LogP contribution in [-0.4, -0.2) is 47.4 Å². The van der Waals surface area contributed by atoms with Crippen molar-refractivity contribution in [3.05, 3.63) is 11.9 Å². The number of amides is 1. The van der Waals surface area contributed by atoms with Gasteiger partial charge in [0.25, 0.3) is 0 Å². The lowest BCUT2D eigenvalue weighted by Crippen LogP contribution is -2.33. The Morgan fingerprint density at radius 1 is 1.75 bits per heavy atom. The van der Waals surface area contributed by atoms with Crippen LogP contribution in [0.5, 0.6) is 0 Å². The van der Waals surface area contributed by atoms with E-state index >= 15 is 0 Å². The largest absolute Gasteiger partial charge is 0.383 e. The number of aromatic nitrogens is 3. The van der Waals surface area contributed by atoms with Gasteiger partial charge in [0.1, 0.15) is 11.7 Å². The summed E-state index contributed by atoms with van der Waals surface area (Å²) in [5.41, 5.74) is 0.205. The van der Waals surface area contributed by atoms with Crippen LogP contribution in [0.4, 0.5) is 0 Å². The van der Waals surface area contributed by atoms with Crippen LogP contribution in [-0.2, 0) is 9.53 Å². The number of hydrogen-bond acceptors (Lipinski definition) is 5. The van der Waals surface area contributed by atoms with E-state index in [9.17, 15) is 9.59 Å². The first-order valence-corrected chi connectivity index (χ1v) is 4.82. The molecular formula is C9H14N4O3. The van der Waals surface area contributed by atoms with Crippen molar-refractivity contribution in [1.82, 2.24) is 20.3 Å². The number of nitrogens with one attached hydrogen (secondary N) is 1. The van der Waals surface area contributed by atoms with Gasteiger partial charge in [-0.05, 0) is 6.92 Å². The van der Waals surface area contributed by atoms with E-state index in [1.165, 1.54) is 10.9 Å². The summed E-state index contributed by atoms with van der Waals surface area (Å²) in [6.07, 6.45) is 2.01. The van der Waals surface area contributed by atoms with E-state index in [1.807, 2.05) is 0 Å². The molecule has 1 aromatic heterocycles. The normalized spacial score (nSPS) is 12.1. The second kappa shape index (κ2) is 5.96. The van der Waals surface area contributed by atoms with E-state index in [0.717, 1.165) is 0 Å². The van der Waals surface area contributed by atoms with Gasteiger partial charge in [-0.2, -0.15) is 0 Å². The first kappa shape index (κ1) is 12.3. The molecule has 0 aliphatic heterocycles. The molecule has 1 unspecified atom stereocenters. The van der Waals surface area contributed by atoms with Crippen molar-refractivity contribution in [3.63, 3.8) is 0 Å². The molecule has 0 aromatic carbocycles. The van der Waals surface area contributed by atoms with E-state index in [2.05, 4.69) is 15.6 Å². The van der Waals surface area contributed by atoms with Crippen molar-refractivity contribution in [3.8, 4) is 0 Å². The van der Waals surface area contributed by atoms with Crippen molar-refractivity contribution in [2.24, 2.45) is 0 Å². The fourth-order valence-electron chi connectivity index (χ4n) is 1.08. The minimum Gasteiger partial charge on any atom is -0.383 e. The molecule has 1 atom stereocenters. The van der Waals surface area contributed by atoms with Crippen molar-refractivity contribution >= 4 is 12.2 Å². The number of nitrogens with zero attached hydrogens (tertiary/aromatic N) is 3. The number of ether oxygens (including phenoxy) is 1. The maximum Gasteiger partial charge on any atom is 0.244 e. The fourth-order valence-corrected chi connectivity index (χ4v) is 1.08. The molecule has 0 aliphatic carbocycles. The summed E-state index contributed by atoms with van der Waals surface area (Å²) < 4.78 is 6.14. The maximum absolute atomic E-state index is 11.6. The smallest absolute Gasteiger partial charge is 0.244 e. The van der Waals surface area contributed by atoms with Gasteiger partial charge in [0.15, 0.2) is 6.29 Å². The summed E-state index contributed by atoms with van der Waals surface area (Å²) >= 11 is 0. The zero-order chi connectivity index (χ0) is 12.0. The van der Waals surface area contributed by atoms with Crippen LogP contribution in [0.2, 0.25) is 0 Å². The molecule has 0 bridgehead atoms. The highest BCUT2D eigenvalue weighted by Gasteiger charge is 2.15. The lowest BCUT2D eigenvalue weighted by Gasteiger charge is -2.11. The average Bonchev–Trinajstić information content (AvgIpc) is 2.76. The first-order valence-electron chi connectivity index (χ1n) is 4.82. The molecule has 88 valence electrons. The molecule has 1 aromatic rings. The molecule has 0 fully saturated rings. The molecule has 0 saturated heterocycles. The molecule has 7 nitrogen and oxygen atoms in total. The highest BCUT2D eigenvalue weighted by atomic mass is 16.5. The minimum absolute atomic E-state index is 0.195. The van der Waals surface area contributed by atoms with Crippen LogP contribution in [0.3, 0.4) is 0 Å². The first-order chi connectivity index (χ1) is 7.69. The van der Waals surface area contributed by atoms with Gasteiger partial charge < -0.3 is 10.1 Å². The zero-order valence-electron chi connectivity index (χ0n) is 9.21. The predicted molar refractivity (Wildman–Crippen MR) is 55.0 cm³/mol. The van der Waals surface area contributed by atoms with Crippen LogP contribution in [0.15, 0.2) is 6.20 Å². The summed E-state index contributed by atoms with van der Waals surface area (Å²) in [7, 11) is 1.56. The van der Waals surface area contributed by atoms with Gasteiger partial charge >= 0.3 is 0 Å². The summed E-state index contributed by atoms with van der Waals surface area (Å²) in [5.74, 6) is -0.195.